The van der Waals surface area contributed by atoms with E-state index in [4.69, 9.17) is 5.11 Å². The monoisotopic (exact) mass is 337 g/mol. The number of piperidine rings is 1. The zero-order valence-electron chi connectivity index (χ0n) is 12.1. The number of aromatic nitrogens is 4. The molecule has 9 nitrogen and oxygen atoms in total. The molecule has 0 radical (unpaired) electrons. The van der Waals surface area contributed by atoms with Crippen molar-refractivity contribution in [2.75, 3.05) is 13.1 Å². The summed E-state index contributed by atoms with van der Waals surface area (Å²) in [5.74, 6) is -1.21. The average Bonchev–Trinajstić information content (AvgIpc) is 3.09. The molecule has 122 valence electrons. The van der Waals surface area contributed by atoms with Gasteiger partial charge in [0.1, 0.15) is 4.90 Å². The molecule has 2 aromatic rings. The first-order valence-corrected chi connectivity index (χ1v) is 8.47. The fourth-order valence-electron chi connectivity index (χ4n) is 2.59. The molecule has 0 saturated carbocycles. The number of pyridine rings is 1. The smallest absolute Gasteiger partial charge is 0.337 e. The highest BCUT2D eigenvalue weighted by molar-refractivity contribution is 7.89. The predicted octanol–water partition coefficient (Wildman–Crippen LogP) is 0.397. The first-order valence-electron chi connectivity index (χ1n) is 7.03. The summed E-state index contributed by atoms with van der Waals surface area (Å²) in [5.41, 5.74) is -0.157. The van der Waals surface area contributed by atoms with E-state index in [0.29, 0.717) is 13.0 Å². The van der Waals surface area contributed by atoms with Crippen molar-refractivity contribution in [3.63, 3.8) is 0 Å². The Bertz CT molecular complexity index is 806. The van der Waals surface area contributed by atoms with Crippen molar-refractivity contribution in [1.82, 2.24) is 24.3 Å². The van der Waals surface area contributed by atoms with Crippen LogP contribution in [0, 0.1) is 0 Å². The first-order chi connectivity index (χ1) is 11.0. The van der Waals surface area contributed by atoms with Crippen LogP contribution >= 0.6 is 0 Å². The number of rotatable bonds is 4. The fraction of sp³-hybridized carbons (Fsp3) is 0.385. The van der Waals surface area contributed by atoms with Gasteiger partial charge in [-0.1, -0.05) is 5.21 Å². The van der Waals surface area contributed by atoms with E-state index in [2.05, 4.69) is 15.3 Å². The Balaban J connectivity index is 1.87. The SMILES string of the molecule is O=C(O)c1cncc(S(=O)(=O)N2CCCC(n3ccnn3)C2)c1. The van der Waals surface area contributed by atoms with E-state index in [1.807, 2.05) is 0 Å². The van der Waals surface area contributed by atoms with Crippen molar-refractivity contribution in [2.45, 2.75) is 23.8 Å². The molecule has 3 heterocycles. The zero-order chi connectivity index (χ0) is 16.4. The molecular formula is C13H15N5O4S. The van der Waals surface area contributed by atoms with Gasteiger partial charge in [0.15, 0.2) is 0 Å². The van der Waals surface area contributed by atoms with E-state index in [-0.39, 0.29) is 23.0 Å². The molecule has 1 aliphatic rings. The lowest BCUT2D eigenvalue weighted by molar-refractivity contribution is 0.0696. The maximum Gasteiger partial charge on any atom is 0.337 e. The second-order valence-electron chi connectivity index (χ2n) is 5.26. The highest BCUT2D eigenvalue weighted by atomic mass is 32.2. The number of carboxylic acid groups (broad SMARTS) is 1. The summed E-state index contributed by atoms with van der Waals surface area (Å²) >= 11 is 0. The molecule has 0 aliphatic carbocycles. The van der Waals surface area contributed by atoms with Gasteiger partial charge in [0.25, 0.3) is 0 Å². The molecule has 0 bridgehead atoms. The Kier molecular flexibility index (Phi) is 4.09. The van der Waals surface area contributed by atoms with E-state index in [0.717, 1.165) is 18.7 Å². The molecule has 1 atom stereocenters. The minimum Gasteiger partial charge on any atom is -0.478 e. The van der Waals surface area contributed by atoms with E-state index < -0.39 is 16.0 Å². The third kappa shape index (κ3) is 3.08. The summed E-state index contributed by atoms with van der Waals surface area (Å²) in [7, 11) is -3.80. The van der Waals surface area contributed by atoms with Gasteiger partial charge in [0.05, 0.1) is 17.8 Å². The zero-order valence-corrected chi connectivity index (χ0v) is 12.9. The Morgan fingerprint density at radius 2 is 2.17 bits per heavy atom. The summed E-state index contributed by atoms with van der Waals surface area (Å²) in [4.78, 5) is 14.6. The number of sulfonamides is 1. The van der Waals surface area contributed by atoms with Gasteiger partial charge in [-0.15, -0.1) is 5.10 Å². The largest absolute Gasteiger partial charge is 0.478 e. The molecule has 0 aromatic carbocycles. The van der Waals surface area contributed by atoms with Crippen LogP contribution in [0.4, 0.5) is 0 Å². The van der Waals surface area contributed by atoms with Crippen LogP contribution in [0.5, 0.6) is 0 Å². The summed E-state index contributed by atoms with van der Waals surface area (Å²) < 4.78 is 28.4. The van der Waals surface area contributed by atoms with Gasteiger partial charge in [-0.05, 0) is 18.9 Å². The van der Waals surface area contributed by atoms with Crippen molar-refractivity contribution in [3.05, 3.63) is 36.4 Å². The van der Waals surface area contributed by atoms with Crippen molar-refractivity contribution < 1.29 is 18.3 Å². The molecule has 2 aromatic heterocycles. The summed E-state index contributed by atoms with van der Waals surface area (Å²) in [5, 5.41) is 16.7. The molecule has 1 N–H and O–H groups in total. The molecule has 23 heavy (non-hydrogen) atoms. The molecular weight excluding hydrogens is 322 g/mol. The Hall–Kier alpha value is -2.33. The molecule has 0 amide bonds. The predicted molar refractivity (Wildman–Crippen MR) is 78.2 cm³/mol. The number of nitrogens with zero attached hydrogens (tertiary/aromatic N) is 5. The third-order valence-electron chi connectivity index (χ3n) is 3.77. The van der Waals surface area contributed by atoms with Crippen molar-refractivity contribution >= 4 is 16.0 Å². The molecule has 0 spiro atoms. The van der Waals surface area contributed by atoms with Crippen LogP contribution in [0.15, 0.2) is 35.7 Å². The summed E-state index contributed by atoms with van der Waals surface area (Å²) in [6.07, 6.45) is 7.04. The highest BCUT2D eigenvalue weighted by Crippen LogP contribution is 2.26. The highest BCUT2D eigenvalue weighted by Gasteiger charge is 2.31. The van der Waals surface area contributed by atoms with Gasteiger partial charge >= 0.3 is 5.97 Å². The maximum atomic E-state index is 12.7. The normalized spacial score (nSPS) is 19.6. The Morgan fingerprint density at radius 3 is 2.87 bits per heavy atom. The number of hydrogen-bond acceptors (Lipinski definition) is 6. The van der Waals surface area contributed by atoms with Crippen molar-refractivity contribution in [2.24, 2.45) is 0 Å². The number of hydrogen-bond donors (Lipinski definition) is 1. The topological polar surface area (TPSA) is 118 Å². The lowest BCUT2D eigenvalue weighted by Gasteiger charge is -2.31. The molecule has 10 heteroatoms. The lowest BCUT2D eigenvalue weighted by Crippen LogP contribution is -2.40. The lowest BCUT2D eigenvalue weighted by atomic mass is 10.1. The molecule has 1 aliphatic heterocycles. The van der Waals surface area contributed by atoms with E-state index in [1.54, 1.807) is 17.1 Å². The van der Waals surface area contributed by atoms with Crippen LogP contribution in [0.25, 0.3) is 0 Å². The standard InChI is InChI=1S/C13H15N5O4S/c19-13(20)10-6-12(8-14-7-10)23(21,22)17-4-1-2-11(9-17)18-5-3-15-16-18/h3,5-8,11H,1-2,4,9H2,(H,19,20). The van der Waals surface area contributed by atoms with Crippen LogP contribution in [-0.4, -0.2) is 56.9 Å². The quantitative estimate of drug-likeness (QED) is 0.857. The molecule has 1 saturated heterocycles. The minimum absolute atomic E-state index is 0.0864. The Morgan fingerprint density at radius 1 is 1.35 bits per heavy atom. The van der Waals surface area contributed by atoms with Gasteiger partial charge in [0, 0.05) is 31.7 Å². The van der Waals surface area contributed by atoms with Crippen LogP contribution in [0.1, 0.15) is 29.2 Å². The minimum atomic E-state index is -3.80. The van der Waals surface area contributed by atoms with Crippen LogP contribution in [-0.2, 0) is 10.0 Å². The Labute approximate surface area is 132 Å². The van der Waals surface area contributed by atoms with E-state index >= 15 is 0 Å². The van der Waals surface area contributed by atoms with E-state index in [1.165, 1.54) is 10.5 Å². The molecule has 1 unspecified atom stereocenters. The average molecular weight is 337 g/mol. The summed E-state index contributed by atoms with van der Waals surface area (Å²) in [6.45, 7) is 0.647. The van der Waals surface area contributed by atoms with Gasteiger partial charge in [-0.2, -0.15) is 4.31 Å². The van der Waals surface area contributed by atoms with Crippen molar-refractivity contribution in [3.8, 4) is 0 Å². The van der Waals surface area contributed by atoms with Gasteiger partial charge in [0.2, 0.25) is 10.0 Å². The van der Waals surface area contributed by atoms with Crippen molar-refractivity contribution in [1.29, 1.82) is 0 Å². The summed E-state index contributed by atoms with van der Waals surface area (Å²) in [6, 6.07) is 1.04. The number of carboxylic acids is 1. The number of carbonyl (C=O) groups is 1. The van der Waals surface area contributed by atoms with Gasteiger partial charge in [-0.25, -0.2) is 17.9 Å². The first kappa shape index (κ1) is 15.6. The fourth-order valence-corrected chi connectivity index (χ4v) is 4.10. The third-order valence-corrected chi connectivity index (χ3v) is 5.60. The maximum absolute atomic E-state index is 12.7. The molecule has 1 fully saturated rings. The van der Waals surface area contributed by atoms with Gasteiger partial charge < -0.3 is 5.11 Å². The second-order valence-corrected chi connectivity index (χ2v) is 7.19. The van der Waals surface area contributed by atoms with Crippen LogP contribution in [0.2, 0.25) is 0 Å². The van der Waals surface area contributed by atoms with E-state index in [9.17, 15) is 13.2 Å². The molecule has 3 rings (SSSR count). The van der Waals surface area contributed by atoms with Gasteiger partial charge in [-0.3, -0.25) is 4.98 Å². The van der Waals surface area contributed by atoms with Crippen LogP contribution < -0.4 is 0 Å². The second kappa shape index (κ2) is 6.05. The number of aromatic carboxylic acids is 1. The van der Waals surface area contributed by atoms with Crippen LogP contribution in [0.3, 0.4) is 0 Å².